The van der Waals surface area contributed by atoms with E-state index in [1.165, 1.54) is 28.8 Å². The van der Waals surface area contributed by atoms with E-state index in [0.29, 0.717) is 6.54 Å². The van der Waals surface area contributed by atoms with E-state index in [4.69, 9.17) is 5.73 Å². The monoisotopic (exact) mass is 407 g/mol. The van der Waals surface area contributed by atoms with Crippen LogP contribution >= 0.6 is 0 Å². The van der Waals surface area contributed by atoms with Crippen LogP contribution in [0.3, 0.4) is 0 Å². The first-order chi connectivity index (χ1) is 14.6. The third kappa shape index (κ3) is 7.38. The number of unbranched alkanes of at least 4 members (excludes halogenated alkanes) is 2. The van der Waals surface area contributed by atoms with Gasteiger partial charge in [0.05, 0.1) is 0 Å². The fourth-order valence-electron chi connectivity index (χ4n) is 3.95. The van der Waals surface area contributed by atoms with Crippen LogP contribution in [0.4, 0.5) is 8.78 Å². The molecule has 0 saturated heterocycles. The SMILES string of the molecule is NCc1cc(CCCCc2cccc(F)c2)cc(CCCCc2cccc(F)c2)c1. The Labute approximate surface area is 179 Å². The Kier molecular flexibility index (Phi) is 8.58. The van der Waals surface area contributed by atoms with E-state index in [1.807, 2.05) is 12.1 Å². The fraction of sp³-hybridized carbons (Fsp3) is 0.333. The van der Waals surface area contributed by atoms with Crippen molar-refractivity contribution in [2.45, 2.75) is 57.9 Å². The van der Waals surface area contributed by atoms with E-state index in [1.54, 1.807) is 24.3 Å². The predicted molar refractivity (Wildman–Crippen MR) is 120 cm³/mol. The summed E-state index contributed by atoms with van der Waals surface area (Å²) in [5.41, 5.74) is 11.9. The first kappa shape index (κ1) is 22.2. The van der Waals surface area contributed by atoms with Gasteiger partial charge < -0.3 is 5.73 Å². The van der Waals surface area contributed by atoms with E-state index >= 15 is 0 Å². The zero-order valence-corrected chi connectivity index (χ0v) is 17.5. The van der Waals surface area contributed by atoms with Crippen LogP contribution in [0, 0.1) is 11.6 Å². The van der Waals surface area contributed by atoms with E-state index in [2.05, 4.69) is 18.2 Å². The van der Waals surface area contributed by atoms with Gasteiger partial charge in [0.15, 0.2) is 0 Å². The molecule has 0 bridgehead atoms. The van der Waals surface area contributed by atoms with E-state index < -0.39 is 0 Å². The first-order valence-corrected chi connectivity index (χ1v) is 10.9. The molecule has 0 aliphatic heterocycles. The summed E-state index contributed by atoms with van der Waals surface area (Å²) in [5, 5.41) is 0. The molecular formula is C27H31F2N. The number of rotatable bonds is 11. The Morgan fingerprint density at radius 1 is 0.500 bits per heavy atom. The van der Waals surface area contributed by atoms with Crippen LogP contribution in [0.2, 0.25) is 0 Å². The Morgan fingerprint density at radius 2 is 0.900 bits per heavy atom. The molecule has 0 radical (unpaired) electrons. The molecule has 3 rings (SSSR count). The molecule has 0 aromatic heterocycles. The summed E-state index contributed by atoms with van der Waals surface area (Å²) in [6.45, 7) is 0.549. The van der Waals surface area contributed by atoms with E-state index in [0.717, 1.165) is 62.5 Å². The highest BCUT2D eigenvalue weighted by Crippen LogP contribution is 2.17. The summed E-state index contributed by atoms with van der Waals surface area (Å²) < 4.78 is 26.6. The molecule has 1 nitrogen and oxygen atoms in total. The Hall–Kier alpha value is -2.52. The second-order valence-corrected chi connectivity index (χ2v) is 8.04. The number of halogens is 2. The highest BCUT2D eigenvalue weighted by molar-refractivity contribution is 5.30. The van der Waals surface area contributed by atoms with Crippen molar-refractivity contribution in [3.63, 3.8) is 0 Å². The van der Waals surface area contributed by atoms with E-state index in [9.17, 15) is 8.78 Å². The molecule has 2 N–H and O–H groups in total. The Bertz CT molecular complexity index is 864. The maximum absolute atomic E-state index is 13.3. The molecule has 0 spiro atoms. The van der Waals surface area contributed by atoms with Crippen molar-refractivity contribution in [2.24, 2.45) is 5.73 Å². The minimum atomic E-state index is -0.162. The lowest BCUT2D eigenvalue weighted by molar-refractivity contribution is 0.623. The zero-order valence-electron chi connectivity index (χ0n) is 17.5. The molecule has 30 heavy (non-hydrogen) atoms. The van der Waals surface area contributed by atoms with Crippen molar-refractivity contribution >= 4 is 0 Å². The molecule has 0 fully saturated rings. The molecule has 3 aromatic rings. The smallest absolute Gasteiger partial charge is 0.123 e. The van der Waals surface area contributed by atoms with Crippen LogP contribution in [-0.2, 0) is 32.2 Å². The van der Waals surface area contributed by atoms with Gasteiger partial charge in [0, 0.05) is 6.54 Å². The van der Waals surface area contributed by atoms with Gasteiger partial charge in [-0.1, -0.05) is 42.5 Å². The van der Waals surface area contributed by atoms with Gasteiger partial charge in [-0.05, 0) is 103 Å². The van der Waals surface area contributed by atoms with Crippen molar-refractivity contribution in [1.29, 1.82) is 0 Å². The van der Waals surface area contributed by atoms with Crippen LogP contribution in [0.25, 0.3) is 0 Å². The van der Waals surface area contributed by atoms with Gasteiger partial charge in [0.25, 0.3) is 0 Å². The third-order valence-corrected chi connectivity index (χ3v) is 5.49. The molecule has 0 unspecified atom stereocenters. The largest absolute Gasteiger partial charge is 0.326 e. The van der Waals surface area contributed by atoms with Crippen LogP contribution in [0.15, 0.2) is 66.7 Å². The highest BCUT2D eigenvalue weighted by atomic mass is 19.1. The fourth-order valence-corrected chi connectivity index (χ4v) is 3.95. The topological polar surface area (TPSA) is 26.0 Å². The van der Waals surface area contributed by atoms with Crippen molar-refractivity contribution in [3.05, 3.63) is 106 Å². The molecule has 0 aliphatic carbocycles. The normalized spacial score (nSPS) is 11.0. The second-order valence-electron chi connectivity index (χ2n) is 8.04. The molecule has 3 heteroatoms. The maximum Gasteiger partial charge on any atom is 0.123 e. The van der Waals surface area contributed by atoms with Gasteiger partial charge >= 0.3 is 0 Å². The molecule has 158 valence electrons. The molecule has 0 aliphatic rings. The minimum Gasteiger partial charge on any atom is -0.326 e. The predicted octanol–water partition coefficient (Wildman–Crippen LogP) is 6.55. The van der Waals surface area contributed by atoms with Gasteiger partial charge in [-0.2, -0.15) is 0 Å². The van der Waals surface area contributed by atoms with Gasteiger partial charge in [-0.15, -0.1) is 0 Å². The van der Waals surface area contributed by atoms with Crippen molar-refractivity contribution in [3.8, 4) is 0 Å². The zero-order chi connectivity index (χ0) is 21.2. The van der Waals surface area contributed by atoms with Crippen LogP contribution in [0.5, 0.6) is 0 Å². The number of hydrogen-bond donors (Lipinski definition) is 1. The summed E-state index contributed by atoms with van der Waals surface area (Å²) in [6, 6.07) is 20.4. The molecular weight excluding hydrogens is 376 g/mol. The summed E-state index contributed by atoms with van der Waals surface area (Å²) in [5.74, 6) is -0.324. The molecule has 0 heterocycles. The highest BCUT2D eigenvalue weighted by Gasteiger charge is 2.03. The summed E-state index contributed by atoms with van der Waals surface area (Å²) in [4.78, 5) is 0. The van der Waals surface area contributed by atoms with Gasteiger partial charge in [0.1, 0.15) is 11.6 Å². The second kappa shape index (κ2) is 11.6. The molecule has 3 aromatic carbocycles. The summed E-state index contributed by atoms with van der Waals surface area (Å²) >= 11 is 0. The molecule has 0 amide bonds. The quantitative estimate of drug-likeness (QED) is 0.358. The standard InChI is InChI=1S/C27H31F2N/c28-26-13-5-11-21(18-26)7-1-3-9-23-15-24(17-25(16-23)20-30)10-4-2-8-22-12-6-14-27(29)19-22/h5-6,11-19H,1-4,7-10,20,30H2. The lowest BCUT2D eigenvalue weighted by Gasteiger charge is -2.10. The number of nitrogens with two attached hydrogens (primary N) is 1. The lowest BCUT2D eigenvalue weighted by Crippen LogP contribution is -2.01. The minimum absolute atomic E-state index is 0.162. The molecule has 0 saturated carbocycles. The van der Waals surface area contributed by atoms with Gasteiger partial charge in [-0.25, -0.2) is 8.78 Å². The van der Waals surface area contributed by atoms with Crippen molar-refractivity contribution in [1.82, 2.24) is 0 Å². The Balaban J connectivity index is 1.46. The number of aryl methyl sites for hydroxylation is 4. The molecule has 0 atom stereocenters. The third-order valence-electron chi connectivity index (χ3n) is 5.49. The number of hydrogen-bond acceptors (Lipinski definition) is 1. The van der Waals surface area contributed by atoms with Gasteiger partial charge in [-0.3, -0.25) is 0 Å². The summed E-state index contributed by atoms with van der Waals surface area (Å²) in [7, 11) is 0. The lowest BCUT2D eigenvalue weighted by atomic mass is 9.97. The van der Waals surface area contributed by atoms with Crippen molar-refractivity contribution < 1.29 is 8.78 Å². The Morgan fingerprint density at radius 3 is 1.30 bits per heavy atom. The van der Waals surface area contributed by atoms with E-state index in [-0.39, 0.29) is 11.6 Å². The average Bonchev–Trinajstić information content (AvgIpc) is 2.74. The van der Waals surface area contributed by atoms with Gasteiger partial charge in [0.2, 0.25) is 0 Å². The maximum atomic E-state index is 13.3. The van der Waals surface area contributed by atoms with Crippen LogP contribution in [0.1, 0.15) is 53.5 Å². The van der Waals surface area contributed by atoms with Crippen molar-refractivity contribution in [2.75, 3.05) is 0 Å². The van der Waals surface area contributed by atoms with Crippen LogP contribution < -0.4 is 5.73 Å². The first-order valence-electron chi connectivity index (χ1n) is 10.9. The summed E-state index contributed by atoms with van der Waals surface area (Å²) in [6.07, 6.45) is 8.06. The number of benzene rings is 3. The van der Waals surface area contributed by atoms with Crippen LogP contribution in [-0.4, -0.2) is 0 Å². The average molecular weight is 408 g/mol.